The van der Waals surface area contributed by atoms with Gasteiger partial charge in [-0.1, -0.05) is 0 Å². The standard InChI is InChI=1S/C20H24FN3O3/c1-22-19(25)12-3-6-18-16(10-12)24(7-8-27-18)20(26)17-11-13-9-14(21)4-5-15(13)23(17)2/h4-5,9,11-12,16,18H,3,6-8,10H2,1-2H3,(H,22,25)/t12-,16+,18+/m0/s1. The Morgan fingerprint density at radius 2 is 2.07 bits per heavy atom. The molecule has 2 aromatic rings. The summed E-state index contributed by atoms with van der Waals surface area (Å²) in [6.07, 6.45) is 2.12. The number of hydrogen-bond donors (Lipinski definition) is 1. The number of nitrogens with one attached hydrogen (secondary N) is 1. The summed E-state index contributed by atoms with van der Waals surface area (Å²) >= 11 is 0. The molecule has 1 aromatic heterocycles. The van der Waals surface area contributed by atoms with Gasteiger partial charge >= 0.3 is 0 Å². The first kappa shape index (κ1) is 18.0. The predicted molar refractivity (Wildman–Crippen MR) is 98.8 cm³/mol. The Balaban J connectivity index is 1.64. The van der Waals surface area contributed by atoms with Crippen molar-refractivity contribution in [3.63, 3.8) is 0 Å². The minimum absolute atomic E-state index is 0.0199. The summed E-state index contributed by atoms with van der Waals surface area (Å²) < 4.78 is 21.2. The van der Waals surface area contributed by atoms with Crippen molar-refractivity contribution < 1.29 is 18.7 Å². The third-order valence-electron chi connectivity index (χ3n) is 5.92. The van der Waals surface area contributed by atoms with E-state index >= 15 is 0 Å². The number of morpholine rings is 1. The Labute approximate surface area is 157 Å². The summed E-state index contributed by atoms with van der Waals surface area (Å²) in [4.78, 5) is 27.3. The van der Waals surface area contributed by atoms with Crippen molar-refractivity contribution >= 4 is 22.7 Å². The number of benzene rings is 1. The molecule has 0 bridgehead atoms. The fraction of sp³-hybridized carbons (Fsp3) is 0.500. The molecule has 7 heteroatoms. The molecule has 27 heavy (non-hydrogen) atoms. The van der Waals surface area contributed by atoms with Gasteiger partial charge in [-0.05, 0) is 43.5 Å². The minimum atomic E-state index is -0.320. The van der Waals surface area contributed by atoms with Gasteiger partial charge in [-0.3, -0.25) is 9.59 Å². The second kappa shape index (κ2) is 6.96. The van der Waals surface area contributed by atoms with Crippen molar-refractivity contribution in [1.82, 2.24) is 14.8 Å². The molecule has 2 heterocycles. The monoisotopic (exact) mass is 373 g/mol. The normalized spacial score (nSPS) is 25.3. The summed E-state index contributed by atoms with van der Waals surface area (Å²) in [5.74, 6) is -0.495. The molecule has 2 aliphatic rings. The van der Waals surface area contributed by atoms with Crippen molar-refractivity contribution in [2.75, 3.05) is 20.2 Å². The number of ether oxygens (including phenoxy) is 1. The van der Waals surface area contributed by atoms with Crippen LogP contribution in [-0.2, 0) is 16.6 Å². The lowest BCUT2D eigenvalue weighted by atomic mass is 9.81. The van der Waals surface area contributed by atoms with E-state index in [9.17, 15) is 14.0 Å². The van der Waals surface area contributed by atoms with E-state index in [1.54, 1.807) is 23.7 Å². The van der Waals surface area contributed by atoms with E-state index in [1.807, 2.05) is 11.9 Å². The van der Waals surface area contributed by atoms with Crippen LogP contribution in [0.1, 0.15) is 29.8 Å². The fourth-order valence-electron chi connectivity index (χ4n) is 4.48. The average Bonchev–Trinajstić information content (AvgIpc) is 3.01. The lowest BCUT2D eigenvalue weighted by molar-refractivity contribution is -0.131. The molecule has 6 nitrogen and oxygen atoms in total. The molecule has 1 saturated heterocycles. The van der Waals surface area contributed by atoms with Gasteiger partial charge in [-0.15, -0.1) is 0 Å². The van der Waals surface area contributed by atoms with E-state index in [0.29, 0.717) is 30.7 Å². The van der Waals surface area contributed by atoms with E-state index in [4.69, 9.17) is 4.74 Å². The van der Waals surface area contributed by atoms with Gasteiger partial charge in [0.25, 0.3) is 5.91 Å². The minimum Gasteiger partial charge on any atom is -0.374 e. The van der Waals surface area contributed by atoms with E-state index in [0.717, 1.165) is 18.4 Å². The summed E-state index contributed by atoms with van der Waals surface area (Å²) in [6, 6.07) is 6.15. The van der Waals surface area contributed by atoms with Gasteiger partial charge in [-0.25, -0.2) is 4.39 Å². The van der Waals surface area contributed by atoms with Crippen LogP contribution in [0.4, 0.5) is 4.39 Å². The van der Waals surface area contributed by atoms with Crippen LogP contribution in [0.15, 0.2) is 24.3 Å². The van der Waals surface area contributed by atoms with Gasteiger partial charge in [0.1, 0.15) is 11.5 Å². The number of carbonyl (C=O) groups excluding carboxylic acids is 2. The van der Waals surface area contributed by atoms with Crippen molar-refractivity contribution in [1.29, 1.82) is 0 Å². The second-order valence-corrected chi connectivity index (χ2v) is 7.39. The maximum absolute atomic E-state index is 13.5. The van der Waals surface area contributed by atoms with Gasteiger partial charge in [0.2, 0.25) is 5.91 Å². The number of aryl methyl sites for hydroxylation is 1. The summed E-state index contributed by atoms with van der Waals surface area (Å²) in [7, 11) is 3.46. The Hall–Kier alpha value is -2.41. The Kier molecular flexibility index (Phi) is 4.63. The summed E-state index contributed by atoms with van der Waals surface area (Å²) in [6.45, 7) is 0.993. The van der Waals surface area contributed by atoms with Gasteiger partial charge < -0.3 is 19.5 Å². The molecule has 2 amide bonds. The van der Waals surface area contributed by atoms with Crippen LogP contribution in [-0.4, -0.2) is 53.6 Å². The number of fused-ring (bicyclic) bond motifs is 2. The quantitative estimate of drug-likeness (QED) is 0.877. The first-order chi connectivity index (χ1) is 13.0. The zero-order chi connectivity index (χ0) is 19.1. The van der Waals surface area contributed by atoms with Crippen LogP contribution in [0, 0.1) is 11.7 Å². The van der Waals surface area contributed by atoms with Crippen LogP contribution in [0.5, 0.6) is 0 Å². The third kappa shape index (κ3) is 3.10. The molecule has 1 aliphatic carbocycles. The van der Waals surface area contributed by atoms with Crippen molar-refractivity contribution in [3.05, 3.63) is 35.8 Å². The molecule has 1 N–H and O–H groups in total. The van der Waals surface area contributed by atoms with Crippen LogP contribution in [0.2, 0.25) is 0 Å². The lowest BCUT2D eigenvalue weighted by Gasteiger charge is -2.45. The third-order valence-corrected chi connectivity index (χ3v) is 5.92. The summed E-state index contributed by atoms with van der Waals surface area (Å²) in [5, 5.41) is 3.42. The molecule has 0 unspecified atom stereocenters. The number of rotatable bonds is 2. The first-order valence-electron chi connectivity index (χ1n) is 9.38. The molecule has 144 valence electrons. The number of aromatic nitrogens is 1. The number of amides is 2. The summed E-state index contributed by atoms with van der Waals surface area (Å²) in [5.41, 5.74) is 1.34. The zero-order valence-electron chi connectivity index (χ0n) is 15.6. The molecule has 2 fully saturated rings. The molecule has 0 spiro atoms. The molecule has 1 aliphatic heterocycles. The molecule has 0 radical (unpaired) electrons. The molecule has 4 rings (SSSR count). The van der Waals surface area contributed by atoms with Crippen LogP contribution < -0.4 is 5.32 Å². The van der Waals surface area contributed by atoms with E-state index in [2.05, 4.69) is 5.32 Å². The largest absolute Gasteiger partial charge is 0.374 e. The maximum Gasteiger partial charge on any atom is 0.270 e. The Bertz CT molecular complexity index is 894. The Morgan fingerprint density at radius 3 is 2.85 bits per heavy atom. The topological polar surface area (TPSA) is 63.6 Å². The number of nitrogens with zero attached hydrogens (tertiary/aromatic N) is 2. The number of halogens is 1. The average molecular weight is 373 g/mol. The second-order valence-electron chi connectivity index (χ2n) is 7.39. The molecule has 3 atom stereocenters. The van der Waals surface area contributed by atoms with Crippen molar-refractivity contribution in [3.8, 4) is 0 Å². The van der Waals surface area contributed by atoms with E-state index in [-0.39, 0.29) is 35.7 Å². The van der Waals surface area contributed by atoms with Crippen LogP contribution in [0.3, 0.4) is 0 Å². The number of hydrogen-bond acceptors (Lipinski definition) is 3. The highest BCUT2D eigenvalue weighted by molar-refractivity contribution is 5.99. The highest BCUT2D eigenvalue weighted by Gasteiger charge is 2.42. The van der Waals surface area contributed by atoms with Gasteiger partial charge in [0, 0.05) is 37.5 Å². The van der Waals surface area contributed by atoms with Gasteiger partial charge in [0.15, 0.2) is 0 Å². The van der Waals surface area contributed by atoms with E-state index < -0.39 is 0 Å². The molecule has 1 aromatic carbocycles. The highest BCUT2D eigenvalue weighted by atomic mass is 19.1. The maximum atomic E-state index is 13.5. The molecule has 1 saturated carbocycles. The molecular weight excluding hydrogens is 349 g/mol. The lowest BCUT2D eigenvalue weighted by Crippen LogP contribution is -2.57. The zero-order valence-corrected chi connectivity index (χ0v) is 15.6. The smallest absolute Gasteiger partial charge is 0.270 e. The SMILES string of the molecule is CNC(=O)[C@H]1CC[C@H]2OCCN(C(=O)c3cc4cc(F)ccc4n3C)[C@@H]2C1. The van der Waals surface area contributed by atoms with Crippen LogP contribution >= 0.6 is 0 Å². The van der Waals surface area contributed by atoms with Gasteiger partial charge in [-0.2, -0.15) is 0 Å². The fourth-order valence-corrected chi connectivity index (χ4v) is 4.48. The van der Waals surface area contributed by atoms with Crippen molar-refractivity contribution in [2.24, 2.45) is 13.0 Å². The highest BCUT2D eigenvalue weighted by Crippen LogP contribution is 2.33. The van der Waals surface area contributed by atoms with Crippen LogP contribution in [0.25, 0.3) is 10.9 Å². The number of carbonyl (C=O) groups is 2. The predicted octanol–water partition coefficient (Wildman–Crippen LogP) is 2.07. The Morgan fingerprint density at radius 1 is 1.26 bits per heavy atom. The first-order valence-corrected chi connectivity index (χ1v) is 9.38. The molecular formula is C20H24FN3O3. The van der Waals surface area contributed by atoms with Crippen molar-refractivity contribution in [2.45, 2.75) is 31.4 Å². The van der Waals surface area contributed by atoms with E-state index in [1.165, 1.54) is 12.1 Å². The van der Waals surface area contributed by atoms with Gasteiger partial charge in [0.05, 0.1) is 18.8 Å².